The predicted molar refractivity (Wildman–Crippen MR) is 200 cm³/mol. The summed E-state index contributed by atoms with van der Waals surface area (Å²) < 4.78 is 14.4. The minimum Gasteiger partial charge on any atom is -0.489 e. The summed E-state index contributed by atoms with van der Waals surface area (Å²) >= 11 is 0. The fraction of sp³-hybridized carbons (Fsp3) is 0.0455. The van der Waals surface area contributed by atoms with Crippen molar-refractivity contribution in [2.45, 2.75) is 13.2 Å². The van der Waals surface area contributed by atoms with Gasteiger partial charge in [-0.05, 0) is 107 Å². The Kier molecular flexibility index (Phi) is 8.88. The summed E-state index contributed by atoms with van der Waals surface area (Å²) in [6, 6.07) is 52.2. The lowest BCUT2D eigenvalue weighted by Crippen LogP contribution is -2.10. The summed E-state index contributed by atoms with van der Waals surface area (Å²) in [5.74, 6) is 1.67. The lowest BCUT2D eigenvalue weighted by atomic mass is 10.1. The number of hydrogen-bond acceptors (Lipinski definition) is 3. The minimum atomic E-state index is 0.508. The zero-order valence-corrected chi connectivity index (χ0v) is 26.7. The smallest absolute Gasteiger partial charge is 0.120 e. The molecular formula is C44H36N2O2. The monoisotopic (exact) mass is 624 g/mol. The molecule has 0 fully saturated rings. The van der Waals surface area contributed by atoms with E-state index in [2.05, 4.69) is 156 Å². The molecule has 0 bridgehead atoms. The van der Waals surface area contributed by atoms with Crippen molar-refractivity contribution >= 4 is 40.1 Å². The van der Waals surface area contributed by atoms with E-state index < -0.39 is 0 Å². The number of hydrogen-bond donors (Lipinski definition) is 0. The lowest BCUT2D eigenvalue weighted by molar-refractivity contribution is 0.306. The van der Waals surface area contributed by atoms with Crippen LogP contribution >= 0.6 is 0 Å². The molecule has 7 rings (SSSR count). The Bertz CT molecular complexity index is 2130. The first-order chi connectivity index (χ1) is 23.7. The number of aromatic nitrogens is 1. The Morgan fingerprint density at radius 3 is 1.62 bits per heavy atom. The van der Waals surface area contributed by atoms with Gasteiger partial charge in [0, 0.05) is 34.3 Å². The van der Waals surface area contributed by atoms with Crippen LogP contribution in [0.15, 0.2) is 171 Å². The largest absolute Gasteiger partial charge is 0.489 e. The van der Waals surface area contributed by atoms with Crippen molar-refractivity contribution in [1.29, 1.82) is 0 Å². The average Bonchev–Trinajstić information content (AvgIpc) is 3.58. The van der Waals surface area contributed by atoms with Crippen molar-refractivity contribution in [2.75, 3.05) is 4.90 Å². The fourth-order valence-electron chi connectivity index (χ4n) is 5.75. The molecule has 0 amide bonds. The van der Waals surface area contributed by atoms with Crippen molar-refractivity contribution in [2.24, 2.45) is 0 Å². The van der Waals surface area contributed by atoms with Gasteiger partial charge in [0.25, 0.3) is 0 Å². The standard InChI is InChI=1S/C44H36N2O2/c1-3-33-10-14-35(15-11-33)31-47-42-24-22-41(23-25-42)46(39-8-6-5-7-9-39)40-20-18-38(19-21-40)45-29-28-37-30-43(26-27-44(37)45)48-32-36-16-12-34(4-2)13-17-36/h3-30H,1-2,31-32H2. The highest BCUT2D eigenvalue weighted by atomic mass is 16.5. The van der Waals surface area contributed by atoms with Gasteiger partial charge in [-0.25, -0.2) is 0 Å². The van der Waals surface area contributed by atoms with E-state index in [0.717, 1.165) is 67.4 Å². The second-order valence-corrected chi connectivity index (χ2v) is 11.6. The topological polar surface area (TPSA) is 26.6 Å². The van der Waals surface area contributed by atoms with E-state index >= 15 is 0 Å². The van der Waals surface area contributed by atoms with Gasteiger partial charge in [-0.15, -0.1) is 0 Å². The van der Waals surface area contributed by atoms with Crippen molar-refractivity contribution < 1.29 is 9.47 Å². The van der Waals surface area contributed by atoms with Crippen LogP contribution in [-0.2, 0) is 13.2 Å². The Morgan fingerprint density at radius 1 is 0.521 bits per heavy atom. The second kappa shape index (κ2) is 14.0. The first-order valence-corrected chi connectivity index (χ1v) is 16.0. The molecule has 4 heteroatoms. The third-order valence-corrected chi connectivity index (χ3v) is 8.40. The van der Waals surface area contributed by atoms with Gasteiger partial charge in [-0.2, -0.15) is 0 Å². The van der Waals surface area contributed by atoms with E-state index in [9.17, 15) is 0 Å². The Balaban J connectivity index is 1.08. The highest BCUT2D eigenvalue weighted by Gasteiger charge is 2.13. The van der Waals surface area contributed by atoms with Crippen molar-refractivity contribution in [3.05, 3.63) is 193 Å². The summed E-state index contributed by atoms with van der Waals surface area (Å²) in [5.41, 5.74) is 9.84. The molecule has 0 saturated heterocycles. The van der Waals surface area contributed by atoms with Gasteiger partial charge in [0.1, 0.15) is 24.7 Å². The number of fused-ring (bicyclic) bond motifs is 1. The highest BCUT2D eigenvalue weighted by Crippen LogP contribution is 2.36. The molecule has 0 unspecified atom stereocenters. The van der Waals surface area contributed by atoms with Gasteiger partial charge in [0.15, 0.2) is 0 Å². The molecular weight excluding hydrogens is 588 g/mol. The highest BCUT2D eigenvalue weighted by molar-refractivity contribution is 5.84. The van der Waals surface area contributed by atoms with Crippen LogP contribution in [0.25, 0.3) is 28.7 Å². The van der Waals surface area contributed by atoms with Crippen LogP contribution < -0.4 is 14.4 Å². The van der Waals surface area contributed by atoms with Crippen LogP contribution in [0.3, 0.4) is 0 Å². The number of para-hydroxylation sites is 1. The van der Waals surface area contributed by atoms with Crippen LogP contribution in [0.5, 0.6) is 11.5 Å². The predicted octanol–water partition coefficient (Wildman–Crippen LogP) is 11.5. The molecule has 1 aromatic heterocycles. The molecule has 0 aliphatic carbocycles. The average molecular weight is 625 g/mol. The van der Waals surface area contributed by atoms with Crippen LogP contribution in [0, 0.1) is 0 Å². The maximum absolute atomic E-state index is 6.11. The molecule has 48 heavy (non-hydrogen) atoms. The Hall–Kier alpha value is -6.26. The summed E-state index contributed by atoms with van der Waals surface area (Å²) in [7, 11) is 0. The van der Waals surface area contributed by atoms with Crippen LogP contribution in [0.4, 0.5) is 17.1 Å². The third kappa shape index (κ3) is 6.79. The fourth-order valence-corrected chi connectivity index (χ4v) is 5.75. The van der Waals surface area contributed by atoms with E-state index in [1.54, 1.807) is 0 Å². The first-order valence-electron chi connectivity index (χ1n) is 16.0. The van der Waals surface area contributed by atoms with Crippen molar-refractivity contribution in [3.8, 4) is 17.2 Å². The molecule has 0 atom stereocenters. The molecule has 234 valence electrons. The van der Waals surface area contributed by atoms with Gasteiger partial charge in [0.05, 0.1) is 5.52 Å². The van der Waals surface area contributed by atoms with Gasteiger partial charge < -0.3 is 18.9 Å². The minimum absolute atomic E-state index is 0.508. The van der Waals surface area contributed by atoms with Gasteiger partial charge in [-0.1, -0.05) is 92.0 Å². The van der Waals surface area contributed by atoms with Crippen molar-refractivity contribution in [3.63, 3.8) is 0 Å². The molecule has 0 radical (unpaired) electrons. The number of ether oxygens (including phenoxy) is 2. The maximum atomic E-state index is 6.11. The quantitative estimate of drug-likeness (QED) is 0.135. The number of nitrogens with zero attached hydrogens (tertiary/aromatic N) is 2. The molecule has 0 saturated carbocycles. The molecule has 0 aliphatic rings. The van der Waals surface area contributed by atoms with Gasteiger partial charge in [0.2, 0.25) is 0 Å². The van der Waals surface area contributed by atoms with E-state index in [1.165, 1.54) is 0 Å². The molecule has 6 aromatic carbocycles. The molecule has 7 aromatic rings. The van der Waals surface area contributed by atoms with Gasteiger partial charge in [-0.3, -0.25) is 0 Å². The molecule has 4 nitrogen and oxygen atoms in total. The molecule has 0 aliphatic heterocycles. The molecule has 0 N–H and O–H groups in total. The molecule has 1 heterocycles. The first kappa shape index (κ1) is 30.4. The number of benzene rings is 6. The normalized spacial score (nSPS) is 10.8. The second-order valence-electron chi connectivity index (χ2n) is 11.6. The zero-order chi connectivity index (χ0) is 32.7. The van der Waals surface area contributed by atoms with E-state index in [0.29, 0.717) is 13.2 Å². The lowest BCUT2D eigenvalue weighted by Gasteiger charge is -2.26. The van der Waals surface area contributed by atoms with E-state index in [-0.39, 0.29) is 0 Å². The summed E-state index contributed by atoms with van der Waals surface area (Å²) in [4.78, 5) is 2.25. The SMILES string of the molecule is C=Cc1ccc(COc2ccc(N(c3ccccc3)c3ccc(-n4ccc5cc(OCc6ccc(C=C)cc6)ccc54)cc3)cc2)cc1. The third-order valence-electron chi connectivity index (χ3n) is 8.40. The Labute approximate surface area is 282 Å². The van der Waals surface area contributed by atoms with Crippen LogP contribution in [0.1, 0.15) is 22.3 Å². The van der Waals surface area contributed by atoms with Crippen molar-refractivity contribution in [1.82, 2.24) is 4.57 Å². The van der Waals surface area contributed by atoms with E-state index in [4.69, 9.17) is 9.47 Å². The maximum Gasteiger partial charge on any atom is 0.120 e. The van der Waals surface area contributed by atoms with Gasteiger partial charge >= 0.3 is 0 Å². The number of anilines is 3. The van der Waals surface area contributed by atoms with E-state index in [1.807, 2.05) is 36.4 Å². The van der Waals surface area contributed by atoms with Crippen LogP contribution in [0.2, 0.25) is 0 Å². The summed E-state index contributed by atoms with van der Waals surface area (Å²) in [6.07, 6.45) is 5.80. The Morgan fingerprint density at radius 2 is 1.04 bits per heavy atom. The number of rotatable bonds is 12. The molecule has 0 spiro atoms. The summed E-state index contributed by atoms with van der Waals surface area (Å²) in [6.45, 7) is 8.67. The van der Waals surface area contributed by atoms with Crippen LogP contribution in [-0.4, -0.2) is 4.57 Å². The zero-order valence-electron chi connectivity index (χ0n) is 26.7. The summed E-state index contributed by atoms with van der Waals surface area (Å²) in [5, 5.41) is 1.13.